The summed E-state index contributed by atoms with van der Waals surface area (Å²) in [6.07, 6.45) is 6.21. The van der Waals surface area contributed by atoms with E-state index in [1.165, 1.54) is 7.11 Å². The van der Waals surface area contributed by atoms with Gasteiger partial charge in [-0.3, -0.25) is 0 Å². The van der Waals surface area contributed by atoms with Gasteiger partial charge in [0, 0.05) is 61.8 Å². The SMILES string of the molecule is COc1ncc(-c2cc(NC3CCN(C(=O)OCC4(F)CNC4)CC3)n3ncc(C(C)C)c3n2)cn1. The average molecular weight is 499 g/mol. The van der Waals surface area contributed by atoms with Crippen molar-refractivity contribution in [1.82, 2.24) is 34.8 Å². The molecule has 0 aromatic carbocycles. The first-order valence-corrected chi connectivity index (χ1v) is 12.2. The smallest absolute Gasteiger partial charge is 0.409 e. The normalized spacial score (nSPS) is 17.8. The van der Waals surface area contributed by atoms with Crippen LogP contribution in [0.1, 0.15) is 38.2 Å². The largest absolute Gasteiger partial charge is 0.467 e. The summed E-state index contributed by atoms with van der Waals surface area (Å²) in [5.74, 6) is 1.05. The molecule has 12 heteroatoms. The molecule has 0 atom stereocenters. The minimum Gasteiger partial charge on any atom is -0.467 e. The number of ether oxygens (including phenoxy) is 2. The zero-order valence-corrected chi connectivity index (χ0v) is 20.7. The van der Waals surface area contributed by atoms with E-state index in [0.717, 1.165) is 41.1 Å². The number of aromatic nitrogens is 5. The molecule has 0 unspecified atom stereocenters. The van der Waals surface area contributed by atoms with E-state index in [4.69, 9.17) is 14.5 Å². The number of amides is 1. The maximum atomic E-state index is 14.1. The van der Waals surface area contributed by atoms with Gasteiger partial charge in [0.15, 0.2) is 11.3 Å². The van der Waals surface area contributed by atoms with Gasteiger partial charge in [0.25, 0.3) is 0 Å². The molecule has 2 N–H and O–H groups in total. The quantitative estimate of drug-likeness (QED) is 0.507. The van der Waals surface area contributed by atoms with Crippen molar-refractivity contribution in [3.63, 3.8) is 0 Å². The van der Waals surface area contributed by atoms with E-state index in [1.54, 1.807) is 17.3 Å². The number of halogens is 1. The lowest BCUT2D eigenvalue weighted by Gasteiger charge is -2.36. The molecule has 0 radical (unpaired) electrons. The lowest BCUT2D eigenvalue weighted by atomic mass is 10.0. The topological polar surface area (TPSA) is 119 Å². The minimum atomic E-state index is -1.44. The van der Waals surface area contributed by atoms with Gasteiger partial charge in [-0.15, -0.1) is 0 Å². The first-order chi connectivity index (χ1) is 17.3. The van der Waals surface area contributed by atoms with Gasteiger partial charge in [-0.1, -0.05) is 13.8 Å². The van der Waals surface area contributed by atoms with Crippen molar-refractivity contribution in [1.29, 1.82) is 0 Å². The fraction of sp³-hybridized carbons (Fsp3) is 0.542. The molecule has 36 heavy (non-hydrogen) atoms. The average Bonchev–Trinajstić information content (AvgIpc) is 3.31. The fourth-order valence-corrected chi connectivity index (χ4v) is 4.39. The van der Waals surface area contributed by atoms with Crippen LogP contribution in [-0.4, -0.2) is 87.2 Å². The maximum absolute atomic E-state index is 14.1. The number of nitrogens with one attached hydrogen (secondary N) is 2. The predicted octanol–water partition coefficient (Wildman–Crippen LogP) is 2.64. The predicted molar refractivity (Wildman–Crippen MR) is 131 cm³/mol. The molecule has 0 saturated carbocycles. The van der Waals surface area contributed by atoms with Gasteiger partial charge in [0.1, 0.15) is 12.4 Å². The van der Waals surface area contributed by atoms with Crippen LogP contribution >= 0.6 is 0 Å². The second kappa shape index (κ2) is 9.84. The summed E-state index contributed by atoms with van der Waals surface area (Å²) in [4.78, 5) is 27.3. The highest BCUT2D eigenvalue weighted by atomic mass is 19.1. The molecular formula is C24H31FN8O3. The number of methoxy groups -OCH3 is 1. The molecule has 1 amide bonds. The van der Waals surface area contributed by atoms with E-state index >= 15 is 0 Å². The molecule has 192 valence electrons. The van der Waals surface area contributed by atoms with Crippen LogP contribution < -0.4 is 15.4 Å². The van der Waals surface area contributed by atoms with Crippen LogP contribution in [0.4, 0.5) is 15.0 Å². The number of carbonyl (C=O) groups is 1. The fourth-order valence-electron chi connectivity index (χ4n) is 4.39. The number of piperidine rings is 1. The zero-order valence-electron chi connectivity index (χ0n) is 20.7. The summed E-state index contributed by atoms with van der Waals surface area (Å²) < 4.78 is 26.2. The van der Waals surface area contributed by atoms with Crippen molar-refractivity contribution in [2.75, 3.05) is 45.2 Å². The Bertz CT molecular complexity index is 1220. The van der Waals surface area contributed by atoms with Gasteiger partial charge in [0.2, 0.25) is 0 Å². The third-order valence-electron chi connectivity index (χ3n) is 6.67. The number of rotatable bonds is 7. The van der Waals surface area contributed by atoms with Crippen molar-refractivity contribution in [3.05, 3.63) is 30.2 Å². The Morgan fingerprint density at radius 2 is 1.97 bits per heavy atom. The highest BCUT2D eigenvalue weighted by Gasteiger charge is 2.39. The molecule has 2 aliphatic rings. The Morgan fingerprint density at radius 3 is 2.58 bits per heavy atom. The number of alkyl halides is 1. The van der Waals surface area contributed by atoms with Gasteiger partial charge >= 0.3 is 12.1 Å². The van der Waals surface area contributed by atoms with Gasteiger partial charge in [0.05, 0.1) is 19.0 Å². The summed E-state index contributed by atoms with van der Waals surface area (Å²) in [6, 6.07) is 2.35. The van der Waals surface area contributed by atoms with Crippen LogP contribution in [0.15, 0.2) is 24.7 Å². The summed E-state index contributed by atoms with van der Waals surface area (Å²) in [7, 11) is 1.52. The van der Waals surface area contributed by atoms with Gasteiger partial charge in [-0.25, -0.2) is 24.1 Å². The number of carbonyl (C=O) groups excluding carboxylic acids is 1. The second-order valence-electron chi connectivity index (χ2n) is 9.69. The van der Waals surface area contributed by atoms with Crippen LogP contribution in [0.25, 0.3) is 16.9 Å². The van der Waals surface area contributed by atoms with Crippen molar-refractivity contribution < 1.29 is 18.7 Å². The lowest BCUT2D eigenvalue weighted by molar-refractivity contribution is -0.00162. The Hall–Kier alpha value is -3.54. The van der Waals surface area contributed by atoms with Crippen molar-refractivity contribution >= 4 is 17.6 Å². The van der Waals surface area contributed by atoms with E-state index in [1.807, 2.05) is 16.8 Å². The number of nitrogens with zero attached hydrogens (tertiary/aromatic N) is 6. The van der Waals surface area contributed by atoms with Crippen LogP contribution in [-0.2, 0) is 4.74 Å². The minimum absolute atomic E-state index is 0.120. The molecule has 5 heterocycles. The number of likely N-dealkylation sites (tertiary alicyclic amines) is 1. The number of hydrogen-bond acceptors (Lipinski definition) is 9. The van der Waals surface area contributed by atoms with Crippen molar-refractivity contribution in [3.8, 4) is 17.3 Å². The van der Waals surface area contributed by atoms with E-state index < -0.39 is 11.8 Å². The van der Waals surface area contributed by atoms with Crippen LogP contribution in [0.5, 0.6) is 6.01 Å². The molecule has 2 fully saturated rings. The van der Waals surface area contributed by atoms with Crippen molar-refractivity contribution in [2.45, 2.75) is 44.3 Å². The molecule has 0 aliphatic carbocycles. The van der Waals surface area contributed by atoms with Crippen molar-refractivity contribution in [2.24, 2.45) is 0 Å². The monoisotopic (exact) mass is 498 g/mol. The number of fused-ring (bicyclic) bond motifs is 1. The summed E-state index contributed by atoms with van der Waals surface area (Å²) >= 11 is 0. The lowest BCUT2D eigenvalue weighted by Crippen LogP contribution is -2.59. The van der Waals surface area contributed by atoms with Crippen LogP contribution in [0.2, 0.25) is 0 Å². The number of anilines is 1. The van der Waals surface area contributed by atoms with Gasteiger partial charge < -0.3 is 25.0 Å². The summed E-state index contributed by atoms with van der Waals surface area (Å²) in [5, 5.41) is 11.0. The maximum Gasteiger partial charge on any atom is 0.409 e. The Labute approximate surface area is 208 Å². The Morgan fingerprint density at radius 1 is 1.25 bits per heavy atom. The van der Waals surface area contributed by atoms with Gasteiger partial charge in [-0.05, 0) is 18.8 Å². The van der Waals surface area contributed by atoms with Crippen LogP contribution in [0, 0.1) is 0 Å². The molecule has 0 spiro atoms. The third kappa shape index (κ3) is 4.90. The zero-order chi connectivity index (χ0) is 25.3. The Balaban J connectivity index is 1.31. The molecular weight excluding hydrogens is 467 g/mol. The van der Waals surface area contributed by atoms with Gasteiger partial charge in [-0.2, -0.15) is 9.61 Å². The van der Waals surface area contributed by atoms with E-state index in [0.29, 0.717) is 19.1 Å². The van der Waals surface area contributed by atoms with E-state index in [-0.39, 0.29) is 31.7 Å². The van der Waals surface area contributed by atoms with E-state index in [9.17, 15) is 9.18 Å². The second-order valence-corrected chi connectivity index (χ2v) is 9.69. The first-order valence-electron chi connectivity index (χ1n) is 12.2. The summed E-state index contributed by atoms with van der Waals surface area (Å²) in [5.41, 5.74) is 1.86. The highest BCUT2D eigenvalue weighted by Crippen LogP contribution is 2.28. The number of hydrogen-bond donors (Lipinski definition) is 2. The molecule has 3 aromatic heterocycles. The Kier molecular flexibility index (Phi) is 6.61. The molecule has 2 saturated heterocycles. The summed E-state index contributed by atoms with van der Waals surface area (Å²) in [6.45, 7) is 5.51. The molecule has 2 aliphatic heterocycles. The standard InChI is InChI=1S/C24H31FN8O3/c1-15(2)18-11-29-33-20(8-19(31-21(18)33)16-9-27-22(35-3)28-10-16)30-17-4-6-32(7-5-17)23(34)36-14-24(25)12-26-13-24/h8-11,15,17,26,30H,4-7,12-14H2,1-3H3. The molecule has 3 aromatic rings. The molecule has 11 nitrogen and oxygen atoms in total. The molecule has 0 bridgehead atoms. The first kappa shape index (κ1) is 24.2. The third-order valence-corrected chi connectivity index (χ3v) is 6.67. The van der Waals surface area contributed by atoms with Crippen LogP contribution in [0.3, 0.4) is 0 Å². The molecule has 5 rings (SSSR count). The van der Waals surface area contributed by atoms with E-state index in [2.05, 4.69) is 39.5 Å². The highest BCUT2D eigenvalue weighted by molar-refractivity contribution is 5.68.